The molecule has 0 saturated carbocycles. The summed E-state index contributed by atoms with van der Waals surface area (Å²) in [5.74, 6) is 0. The fraction of sp³-hybridized carbons (Fsp3) is 0.467. The largest absolute Gasteiger partial charge is 0.240 e. The zero-order chi connectivity index (χ0) is 16.2. The molecule has 0 bridgehead atoms. The van der Waals surface area contributed by atoms with E-state index >= 15 is 0 Å². The molecule has 0 aliphatic heterocycles. The van der Waals surface area contributed by atoms with Gasteiger partial charge in [0.1, 0.15) is 0 Å². The first-order chi connectivity index (χ1) is 10.3. The minimum Gasteiger partial charge on any atom is -0.224 e. The summed E-state index contributed by atoms with van der Waals surface area (Å²) in [5, 5.41) is 0. The van der Waals surface area contributed by atoms with Crippen LogP contribution in [0.2, 0.25) is 0 Å². The van der Waals surface area contributed by atoms with Crippen LogP contribution in [-0.2, 0) is 19.9 Å². The molecule has 1 N–H and O–H groups in total. The van der Waals surface area contributed by atoms with Gasteiger partial charge in [-0.05, 0) is 56.4 Å². The summed E-state index contributed by atoms with van der Waals surface area (Å²) in [4.78, 5) is 0.191. The molecule has 7 heteroatoms. The molecule has 1 aromatic carbocycles. The Morgan fingerprint density at radius 3 is 2.18 bits per heavy atom. The van der Waals surface area contributed by atoms with Crippen molar-refractivity contribution >= 4 is 19.9 Å². The van der Waals surface area contributed by atoms with E-state index in [1.165, 1.54) is 42.7 Å². The fourth-order valence-electron chi connectivity index (χ4n) is 2.43. The SMILES string of the molecule is CS(=O)(=O)c1ccc(S(=O)(=O)NCCC2=CCCCC2)cc1. The molecule has 0 unspecified atom stereocenters. The van der Waals surface area contributed by atoms with Crippen molar-refractivity contribution in [2.75, 3.05) is 12.8 Å². The van der Waals surface area contributed by atoms with Crippen molar-refractivity contribution in [2.45, 2.75) is 41.9 Å². The third kappa shape index (κ3) is 4.66. The smallest absolute Gasteiger partial charge is 0.224 e. The fourth-order valence-corrected chi connectivity index (χ4v) is 4.09. The van der Waals surface area contributed by atoms with Crippen LogP contribution in [0.15, 0.2) is 45.7 Å². The Balaban J connectivity index is 1.99. The van der Waals surface area contributed by atoms with Crippen LogP contribution in [0.4, 0.5) is 0 Å². The van der Waals surface area contributed by atoms with Gasteiger partial charge in [0, 0.05) is 12.8 Å². The van der Waals surface area contributed by atoms with E-state index in [0.29, 0.717) is 6.54 Å². The van der Waals surface area contributed by atoms with E-state index in [4.69, 9.17) is 0 Å². The second kappa shape index (κ2) is 6.93. The van der Waals surface area contributed by atoms with Crippen LogP contribution in [-0.4, -0.2) is 29.6 Å². The molecule has 1 aliphatic rings. The van der Waals surface area contributed by atoms with Gasteiger partial charge in [0.05, 0.1) is 9.79 Å². The molecule has 0 spiro atoms. The molecule has 0 saturated heterocycles. The number of hydrogen-bond acceptors (Lipinski definition) is 4. The molecule has 0 amide bonds. The lowest BCUT2D eigenvalue weighted by Crippen LogP contribution is -2.25. The zero-order valence-electron chi connectivity index (χ0n) is 12.6. The predicted molar refractivity (Wildman–Crippen MR) is 85.9 cm³/mol. The first-order valence-electron chi connectivity index (χ1n) is 7.27. The van der Waals surface area contributed by atoms with E-state index in [9.17, 15) is 16.8 Å². The Bertz CT molecular complexity index is 747. The summed E-state index contributed by atoms with van der Waals surface area (Å²) in [6.45, 7) is 0.363. The van der Waals surface area contributed by atoms with Gasteiger partial charge in [0.15, 0.2) is 9.84 Å². The van der Waals surface area contributed by atoms with Gasteiger partial charge in [-0.1, -0.05) is 11.6 Å². The highest BCUT2D eigenvalue weighted by molar-refractivity contribution is 7.90. The van der Waals surface area contributed by atoms with Crippen molar-refractivity contribution in [1.82, 2.24) is 4.72 Å². The maximum absolute atomic E-state index is 12.2. The molecular weight excluding hydrogens is 322 g/mol. The minimum absolute atomic E-state index is 0.0810. The van der Waals surface area contributed by atoms with E-state index in [1.807, 2.05) is 0 Å². The standard InChI is InChI=1S/C15H21NO4S2/c1-21(17,18)14-7-9-15(10-8-14)22(19,20)16-12-11-13-5-3-2-4-6-13/h5,7-10,16H,2-4,6,11-12H2,1H3. The molecule has 22 heavy (non-hydrogen) atoms. The summed E-state index contributed by atoms with van der Waals surface area (Å²) in [5.41, 5.74) is 1.31. The van der Waals surface area contributed by atoms with Gasteiger partial charge in [0.2, 0.25) is 10.0 Å². The van der Waals surface area contributed by atoms with Crippen LogP contribution in [0.1, 0.15) is 32.1 Å². The number of sulfonamides is 1. The van der Waals surface area contributed by atoms with Gasteiger partial charge in [-0.2, -0.15) is 0 Å². The zero-order valence-corrected chi connectivity index (χ0v) is 14.2. The lowest BCUT2D eigenvalue weighted by molar-refractivity contribution is 0.579. The van der Waals surface area contributed by atoms with Gasteiger partial charge in [-0.15, -0.1) is 0 Å². The van der Waals surface area contributed by atoms with Crippen LogP contribution in [0.5, 0.6) is 0 Å². The lowest BCUT2D eigenvalue weighted by atomic mass is 9.97. The second-order valence-electron chi connectivity index (χ2n) is 5.50. The highest BCUT2D eigenvalue weighted by atomic mass is 32.2. The Labute approximate surface area is 132 Å². The quantitative estimate of drug-likeness (QED) is 0.804. The summed E-state index contributed by atoms with van der Waals surface area (Å²) in [6.07, 6.45) is 8.51. The van der Waals surface area contributed by atoms with E-state index in [1.54, 1.807) is 0 Å². The number of rotatable bonds is 6. The Kier molecular flexibility index (Phi) is 5.41. The van der Waals surface area contributed by atoms with Gasteiger partial charge < -0.3 is 0 Å². The molecule has 0 heterocycles. The van der Waals surface area contributed by atoms with Crippen molar-refractivity contribution in [1.29, 1.82) is 0 Å². The van der Waals surface area contributed by atoms with Crippen LogP contribution < -0.4 is 4.72 Å². The number of nitrogens with one attached hydrogen (secondary N) is 1. The van der Waals surface area contributed by atoms with Gasteiger partial charge in [-0.25, -0.2) is 21.6 Å². The average molecular weight is 343 g/mol. The van der Waals surface area contributed by atoms with Crippen LogP contribution >= 0.6 is 0 Å². The molecule has 0 radical (unpaired) electrons. The predicted octanol–water partition coefficient (Wildman–Crippen LogP) is 2.26. The van der Waals surface area contributed by atoms with Crippen molar-refractivity contribution in [3.8, 4) is 0 Å². The third-order valence-corrected chi connectivity index (χ3v) is 6.29. The second-order valence-corrected chi connectivity index (χ2v) is 9.28. The summed E-state index contributed by atoms with van der Waals surface area (Å²) in [7, 11) is -6.91. The Morgan fingerprint density at radius 2 is 1.64 bits per heavy atom. The normalized spacial score (nSPS) is 16.3. The third-order valence-electron chi connectivity index (χ3n) is 3.69. The van der Waals surface area contributed by atoms with Crippen molar-refractivity contribution in [2.24, 2.45) is 0 Å². The highest BCUT2D eigenvalue weighted by Crippen LogP contribution is 2.20. The maximum Gasteiger partial charge on any atom is 0.240 e. The van der Waals surface area contributed by atoms with Crippen molar-refractivity contribution < 1.29 is 16.8 Å². The Hall–Kier alpha value is -1.18. The van der Waals surface area contributed by atoms with Crippen molar-refractivity contribution in [3.05, 3.63) is 35.9 Å². The van der Waals surface area contributed by atoms with Crippen LogP contribution in [0.3, 0.4) is 0 Å². The van der Waals surface area contributed by atoms with Crippen molar-refractivity contribution in [3.63, 3.8) is 0 Å². The van der Waals surface area contributed by atoms with E-state index in [-0.39, 0.29) is 9.79 Å². The molecule has 1 aliphatic carbocycles. The lowest BCUT2D eigenvalue weighted by Gasteiger charge is -2.13. The minimum atomic E-state index is -3.60. The monoisotopic (exact) mass is 343 g/mol. The summed E-state index contributed by atoms with van der Waals surface area (Å²) in [6, 6.07) is 5.26. The van der Waals surface area contributed by atoms with E-state index < -0.39 is 19.9 Å². The number of benzene rings is 1. The topological polar surface area (TPSA) is 80.3 Å². The van der Waals surface area contributed by atoms with Crippen LogP contribution in [0.25, 0.3) is 0 Å². The molecule has 0 aromatic heterocycles. The van der Waals surface area contributed by atoms with Crippen LogP contribution in [0, 0.1) is 0 Å². The molecule has 5 nitrogen and oxygen atoms in total. The highest BCUT2D eigenvalue weighted by Gasteiger charge is 2.15. The van der Waals surface area contributed by atoms with Gasteiger partial charge in [0.25, 0.3) is 0 Å². The molecule has 0 fully saturated rings. The van der Waals surface area contributed by atoms with Gasteiger partial charge >= 0.3 is 0 Å². The maximum atomic E-state index is 12.2. The first-order valence-corrected chi connectivity index (χ1v) is 10.6. The number of allylic oxidation sites excluding steroid dienone is 1. The number of sulfone groups is 1. The average Bonchev–Trinajstić information content (AvgIpc) is 2.47. The number of hydrogen-bond donors (Lipinski definition) is 1. The summed E-state index contributed by atoms with van der Waals surface area (Å²) < 4.78 is 49.6. The van der Waals surface area contributed by atoms with Gasteiger partial charge in [-0.3, -0.25) is 0 Å². The molecule has 0 atom stereocenters. The molecule has 122 valence electrons. The Morgan fingerprint density at radius 1 is 1.00 bits per heavy atom. The first kappa shape index (κ1) is 17.2. The molecule has 1 aromatic rings. The molecule has 2 rings (SSSR count). The molecular formula is C15H21NO4S2. The summed E-state index contributed by atoms with van der Waals surface area (Å²) >= 11 is 0. The van der Waals surface area contributed by atoms with E-state index in [2.05, 4.69) is 10.8 Å². The van der Waals surface area contributed by atoms with E-state index in [0.717, 1.165) is 25.5 Å².